The van der Waals surface area contributed by atoms with Gasteiger partial charge in [-0.25, -0.2) is 0 Å². The van der Waals surface area contributed by atoms with E-state index in [0.29, 0.717) is 5.25 Å². The maximum absolute atomic E-state index is 8.93. The highest BCUT2D eigenvalue weighted by Gasteiger charge is 2.30. The van der Waals surface area contributed by atoms with Crippen molar-refractivity contribution in [1.82, 2.24) is 0 Å². The molecule has 3 heteroatoms. The highest BCUT2D eigenvalue weighted by Crippen LogP contribution is 2.30. The van der Waals surface area contributed by atoms with E-state index in [-0.39, 0.29) is 12.1 Å². The lowest BCUT2D eigenvalue weighted by Gasteiger charge is -2.34. The van der Waals surface area contributed by atoms with Gasteiger partial charge in [-0.3, -0.25) is 0 Å². The molecule has 1 aliphatic heterocycles. The third kappa shape index (κ3) is 1.87. The Balaban J connectivity index is 2.45. The van der Waals surface area contributed by atoms with Crippen molar-refractivity contribution in [2.75, 3.05) is 12.4 Å². The molecule has 1 aliphatic rings. The summed E-state index contributed by atoms with van der Waals surface area (Å²) >= 11 is 1.94. The van der Waals surface area contributed by atoms with Gasteiger partial charge in [-0.15, -0.1) is 0 Å². The molecule has 0 saturated carbocycles. The van der Waals surface area contributed by atoms with E-state index in [2.05, 4.69) is 6.92 Å². The Kier molecular flexibility index (Phi) is 2.61. The van der Waals surface area contributed by atoms with E-state index in [1.165, 1.54) is 0 Å². The van der Waals surface area contributed by atoms with Crippen molar-refractivity contribution in [1.29, 1.82) is 0 Å². The van der Waals surface area contributed by atoms with Gasteiger partial charge in [0, 0.05) is 10.8 Å². The van der Waals surface area contributed by atoms with Crippen LogP contribution < -0.4 is 5.73 Å². The van der Waals surface area contributed by atoms with E-state index >= 15 is 0 Å². The minimum absolute atomic E-state index is 0.137. The molecule has 1 saturated heterocycles. The summed E-state index contributed by atoms with van der Waals surface area (Å²) in [5.74, 6) is 1.10. The molecule has 0 aromatic carbocycles. The highest BCUT2D eigenvalue weighted by atomic mass is 32.2. The van der Waals surface area contributed by atoms with Crippen LogP contribution in [0.3, 0.4) is 0 Å². The number of nitrogens with two attached hydrogens (primary N) is 1. The summed E-state index contributed by atoms with van der Waals surface area (Å²) < 4.78 is 0. The average molecular weight is 161 g/mol. The van der Waals surface area contributed by atoms with Crippen molar-refractivity contribution in [3.63, 3.8) is 0 Å². The SMILES string of the molecule is CC1CC(N)(CO)CCS1. The Labute approximate surface area is 66.2 Å². The zero-order valence-electron chi connectivity index (χ0n) is 6.34. The van der Waals surface area contributed by atoms with Crippen LogP contribution in [0.25, 0.3) is 0 Å². The van der Waals surface area contributed by atoms with Gasteiger partial charge in [0.15, 0.2) is 0 Å². The predicted octanol–water partition coefficient (Wildman–Crippen LogP) is 0.592. The number of rotatable bonds is 1. The first-order chi connectivity index (χ1) is 4.66. The third-order valence-electron chi connectivity index (χ3n) is 2.01. The topological polar surface area (TPSA) is 46.2 Å². The number of aliphatic hydroxyl groups is 1. The molecule has 1 heterocycles. The monoisotopic (exact) mass is 161 g/mol. The van der Waals surface area contributed by atoms with E-state index in [0.717, 1.165) is 18.6 Å². The van der Waals surface area contributed by atoms with E-state index in [4.69, 9.17) is 10.8 Å². The maximum Gasteiger partial charge on any atom is 0.0611 e. The van der Waals surface area contributed by atoms with Gasteiger partial charge >= 0.3 is 0 Å². The van der Waals surface area contributed by atoms with Crippen LogP contribution in [-0.4, -0.2) is 28.3 Å². The lowest BCUT2D eigenvalue weighted by atomic mass is 9.92. The second-order valence-corrected chi connectivity index (χ2v) is 4.70. The molecular weight excluding hydrogens is 146 g/mol. The van der Waals surface area contributed by atoms with E-state index in [1.54, 1.807) is 0 Å². The summed E-state index contributed by atoms with van der Waals surface area (Å²) in [4.78, 5) is 0. The van der Waals surface area contributed by atoms with Crippen LogP contribution in [0, 0.1) is 0 Å². The molecule has 0 radical (unpaired) electrons. The lowest BCUT2D eigenvalue weighted by molar-refractivity contribution is 0.181. The van der Waals surface area contributed by atoms with E-state index in [1.807, 2.05) is 11.8 Å². The van der Waals surface area contributed by atoms with Crippen LogP contribution in [0.5, 0.6) is 0 Å². The lowest BCUT2D eigenvalue weighted by Crippen LogP contribution is -2.48. The quantitative estimate of drug-likeness (QED) is 0.592. The van der Waals surface area contributed by atoms with Crippen LogP contribution in [-0.2, 0) is 0 Å². The Hall–Kier alpha value is 0.270. The first-order valence-corrected chi connectivity index (χ1v) is 4.72. The Bertz CT molecular complexity index is 120. The smallest absolute Gasteiger partial charge is 0.0611 e. The summed E-state index contributed by atoms with van der Waals surface area (Å²) in [5.41, 5.74) is 5.61. The summed E-state index contributed by atoms with van der Waals surface area (Å²) in [6.07, 6.45) is 1.91. The van der Waals surface area contributed by atoms with Gasteiger partial charge in [0.05, 0.1) is 6.61 Å². The van der Waals surface area contributed by atoms with Gasteiger partial charge in [0.2, 0.25) is 0 Å². The van der Waals surface area contributed by atoms with Crippen LogP contribution >= 0.6 is 11.8 Å². The molecule has 0 aromatic rings. The fourth-order valence-electron chi connectivity index (χ4n) is 1.34. The molecule has 2 unspecified atom stereocenters. The molecule has 3 N–H and O–H groups in total. The molecule has 0 amide bonds. The fraction of sp³-hybridized carbons (Fsp3) is 1.00. The molecule has 10 heavy (non-hydrogen) atoms. The highest BCUT2D eigenvalue weighted by molar-refractivity contribution is 7.99. The zero-order valence-corrected chi connectivity index (χ0v) is 7.16. The van der Waals surface area contributed by atoms with Crippen molar-refractivity contribution in [2.45, 2.75) is 30.6 Å². The molecule has 0 spiro atoms. The van der Waals surface area contributed by atoms with E-state index < -0.39 is 0 Å². The Morgan fingerprint density at radius 3 is 2.90 bits per heavy atom. The van der Waals surface area contributed by atoms with Crippen molar-refractivity contribution in [3.8, 4) is 0 Å². The molecule has 0 aliphatic carbocycles. The molecule has 0 bridgehead atoms. The first-order valence-electron chi connectivity index (χ1n) is 3.68. The Morgan fingerprint density at radius 1 is 1.80 bits per heavy atom. The molecule has 2 atom stereocenters. The first kappa shape index (κ1) is 8.37. The second-order valence-electron chi connectivity index (χ2n) is 3.16. The van der Waals surface area contributed by atoms with Crippen molar-refractivity contribution >= 4 is 11.8 Å². The van der Waals surface area contributed by atoms with Gasteiger partial charge in [-0.1, -0.05) is 6.92 Å². The summed E-state index contributed by atoms with van der Waals surface area (Å²) in [6.45, 7) is 2.30. The van der Waals surface area contributed by atoms with E-state index in [9.17, 15) is 0 Å². The normalized spacial score (nSPS) is 41.7. The summed E-state index contributed by atoms with van der Waals surface area (Å²) in [7, 11) is 0. The summed E-state index contributed by atoms with van der Waals surface area (Å²) in [6, 6.07) is 0. The largest absolute Gasteiger partial charge is 0.394 e. The van der Waals surface area contributed by atoms with Crippen LogP contribution in [0.1, 0.15) is 19.8 Å². The van der Waals surface area contributed by atoms with Crippen molar-refractivity contribution in [2.24, 2.45) is 5.73 Å². The fourth-order valence-corrected chi connectivity index (χ4v) is 2.72. The van der Waals surface area contributed by atoms with Gasteiger partial charge in [-0.05, 0) is 18.6 Å². The molecule has 1 fully saturated rings. The molecular formula is C7H15NOS. The molecule has 0 aromatic heterocycles. The second kappa shape index (κ2) is 3.11. The van der Waals surface area contributed by atoms with Gasteiger partial charge in [0.25, 0.3) is 0 Å². The Morgan fingerprint density at radius 2 is 2.50 bits per heavy atom. The molecule has 2 nitrogen and oxygen atoms in total. The minimum atomic E-state index is -0.273. The average Bonchev–Trinajstić information content (AvgIpc) is 1.88. The van der Waals surface area contributed by atoms with Gasteiger partial charge in [0.1, 0.15) is 0 Å². The van der Waals surface area contributed by atoms with Crippen LogP contribution in [0.2, 0.25) is 0 Å². The van der Waals surface area contributed by atoms with Crippen molar-refractivity contribution < 1.29 is 5.11 Å². The number of aliphatic hydroxyl groups excluding tert-OH is 1. The number of thioether (sulfide) groups is 1. The number of hydrogen-bond donors (Lipinski definition) is 2. The minimum Gasteiger partial charge on any atom is -0.394 e. The standard InChI is InChI=1S/C7H15NOS/c1-6-4-7(8,5-9)2-3-10-6/h6,9H,2-5,8H2,1H3. The van der Waals surface area contributed by atoms with Gasteiger partial charge in [-0.2, -0.15) is 11.8 Å². The van der Waals surface area contributed by atoms with Crippen molar-refractivity contribution in [3.05, 3.63) is 0 Å². The molecule has 60 valence electrons. The summed E-state index contributed by atoms with van der Waals surface area (Å²) in [5, 5.41) is 9.55. The molecule has 1 rings (SSSR count). The van der Waals surface area contributed by atoms with Gasteiger partial charge < -0.3 is 10.8 Å². The predicted molar refractivity (Wildman–Crippen MR) is 45.2 cm³/mol. The van der Waals surface area contributed by atoms with Crippen LogP contribution in [0.4, 0.5) is 0 Å². The van der Waals surface area contributed by atoms with Crippen LogP contribution in [0.15, 0.2) is 0 Å². The number of hydrogen-bond acceptors (Lipinski definition) is 3. The third-order valence-corrected chi connectivity index (χ3v) is 3.19. The maximum atomic E-state index is 8.93. The zero-order chi connectivity index (χ0) is 7.61.